The van der Waals surface area contributed by atoms with Gasteiger partial charge in [-0.1, -0.05) is 11.6 Å². The van der Waals surface area contributed by atoms with Gasteiger partial charge in [0.15, 0.2) is 0 Å². The molecule has 17 heavy (non-hydrogen) atoms. The molecular weight excluding hydrogens is 304 g/mol. The normalized spacial score (nSPS) is 20.6. The molecule has 0 aromatic heterocycles. The molecule has 1 fully saturated rings. The summed E-state index contributed by atoms with van der Waals surface area (Å²) in [7, 11) is 0. The van der Waals surface area contributed by atoms with Crippen LogP contribution in [0.25, 0.3) is 0 Å². The number of hydrogen-bond acceptors (Lipinski definition) is 2. The lowest BCUT2D eigenvalue weighted by Crippen LogP contribution is -2.37. The van der Waals surface area contributed by atoms with Crippen molar-refractivity contribution in [2.24, 2.45) is 0 Å². The van der Waals surface area contributed by atoms with E-state index in [1.807, 2.05) is 18.2 Å². The molecule has 2 N–H and O–H groups in total. The second kappa shape index (κ2) is 5.74. The summed E-state index contributed by atoms with van der Waals surface area (Å²) in [6.45, 7) is 0.772. The summed E-state index contributed by atoms with van der Waals surface area (Å²) in [4.78, 5) is 11.8. The Morgan fingerprint density at radius 3 is 3.06 bits per heavy atom. The number of anilines is 1. The molecule has 2 rings (SSSR count). The molecule has 1 aromatic rings. The first-order valence-electron chi connectivity index (χ1n) is 5.66. The van der Waals surface area contributed by atoms with Crippen molar-refractivity contribution < 1.29 is 4.79 Å². The Balaban J connectivity index is 2.13. The highest BCUT2D eigenvalue weighted by Gasteiger charge is 2.20. The molecule has 1 amide bonds. The Labute approximate surface area is 114 Å². The van der Waals surface area contributed by atoms with Crippen LogP contribution in [-0.2, 0) is 4.79 Å². The lowest BCUT2D eigenvalue weighted by atomic mass is 10.1. The maximum absolute atomic E-state index is 11.8. The summed E-state index contributed by atoms with van der Waals surface area (Å²) < 4.78 is 0.916. The topological polar surface area (TPSA) is 41.1 Å². The molecule has 1 atom stereocenters. The maximum Gasteiger partial charge on any atom is 0.242 e. The van der Waals surface area contributed by atoms with Gasteiger partial charge in [-0.3, -0.25) is 4.79 Å². The van der Waals surface area contributed by atoms with Crippen molar-refractivity contribution >= 4 is 39.1 Å². The van der Waals surface area contributed by atoms with E-state index in [1.54, 1.807) is 0 Å². The monoisotopic (exact) mass is 316 g/mol. The Hall–Kier alpha value is -0.740. The lowest BCUT2D eigenvalue weighted by molar-refractivity contribution is -0.121. The molecule has 1 unspecified atom stereocenters. The van der Waals surface area contributed by atoms with E-state index >= 15 is 0 Å². The number of amides is 1. The number of carbonyl (C=O) groups excluding carboxylic acids is 1. The van der Waals surface area contributed by atoms with Crippen molar-refractivity contribution in [3.05, 3.63) is 27.7 Å². The van der Waals surface area contributed by atoms with Crippen LogP contribution in [0.5, 0.6) is 0 Å². The first-order chi connectivity index (χ1) is 8.16. The van der Waals surface area contributed by atoms with E-state index in [0.717, 1.165) is 36.0 Å². The van der Waals surface area contributed by atoms with Crippen LogP contribution in [0.15, 0.2) is 22.7 Å². The standard InChI is InChI=1S/C12H14BrClN2O/c13-9-5-4-8(14)7-11(9)16-10-3-1-2-6-15-12(10)17/h4-5,7,10,16H,1-3,6H2,(H,15,17). The predicted octanol–water partition coefficient (Wildman–Crippen LogP) is 3.18. The number of halogens is 2. The molecule has 1 saturated heterocycles. The van der Waals surface area contributed by atoms with Gasteiger partial charge in [-0.2, -0.15) is 0 Å². The van der Waals surface area contributed by atoms with E-state index < -0.39 is 0 Å². The van der Waals surface area contributed by atoms with Crippen molar-refractivity contribution in [3.8, 4) is 0 Å². The fourth-order valence-corrected chi connectivity index (χ4v) is 2.41. The second-order valence-corrected chi connectivity index (χ2v) is 5.40. The number of carbonyl (C=O) groups is 1. The van der Waals surface area contributed by atoms with E-state index in [2.05, 4.69) is 26.6 Å². The lowest BCUT2D eigenvalue weighted by Gasteiger charge is -2.17. The molecule has 0 saturated carbocycles. The SMILES string of the molecule is O=C1NCCCCC1Nc1cc(Cl)ccc1Br. The fraction of sp³-hybridized carbons (Fsp3) is 0.417. The van der Waals surface area contributed by atoms with Crippen LogP contribution in [0.3, 0.4) is 0 Å². The van der Waals surface area contributed by atoms with Crippen LogP contribution in [-0.4, -0.2) is 18.5 Å². The van der Waals surface area contributed by atoms with Gasteiger partial charge in [0.25, 0.3) is 0 Å². The molecule has 0 bridgehead atoms. The minimum absolute atomic E-state index is 0.0642. The van der Waals surface area contributed by atoms with Gasteiger partial charge in [0.05, 0.1) is 5.69 Å². The highest BCUT2D eigenvalue weighted by atomic mass is 79.9. The van der Waals surface area contributed by atoms with Crippen LogP contribution < -0.4 is 10.6 Å². The van der Waals surface area contributed by atoms with E-state index in [0.29, 0.717) is 5.02 Å². The van der Waals surface area contributed by atoms with Crippen LogP contribution in [0, 0.1) is 0 Å². The van der Waals surface area contributed by atoms with Crippen molar-refractivity contribution in [3.63, 3.8) is 0 Å². The average Bonchev–Trinajstić information content (AvgIpc) is 2.50. The second-order valence-electron chi connectivity index (χ2n) is 4.11. The minimum Gasteiger partial charge on any atom is -0.373 e. The largest absolute Gasteiger partial charge is 0.373 e. The van der Waals surface area contributed by atoms with Crippen molar-refractivity contribution in [2.75, 3.05) is 11.9 Å². The van der Waals surface area contributed by atoms with E-state index in [4.69, 9.17) is 11.6 Å². The highest BCUT2D eigenvalue weighted by Crippen LogP contribution is 2.27. The molecular formula is C12H14BrClN2O. The van der Waals surface area contributed by atoms with Crippen LogP contribution in [0.1, 0.15) is 19.3 Å². The first kappa shape index (κ1) is 12.7. The molecule has 3 nitrogen and oxygen atoms in total. The third-order valence-electron chi connectivity index (χ3n) is 2.79. The smallest absolute Gasteiger partial charge is 0.242 e. The van der Waals surface area contributed by atoms with Gasteiger partial charge in [0.1, 0.15) is 6.04 Å². The van der Waals surface area contributed by atoms with Gasteiger partial charge in [-0.05, 0) is 53.4 Å². The number of hydrogen-bond donors (Lipinski definition) is 2. The quantitative estimate of drug-likeness (QED) is 0.879. The zero-order chi connectivity index (χ0) is 12.3. The van der Waals surface area contributed by atoms with Crippen molar-refractivity contribution in [2.45, 2.75) is 25.3 Å². The molecule has 1 aromatic carbocycles. The molecule has 1 aliphatic heterocycles. The Morgan fingerprint density at radius 2 is 2.24 bits per heavy atom. The maximum atomic E-state index is 11.8. The zero-order valence-electron chi connectivity index (χ0n) is 9.30. The van der Waals surface area contributed by atoms with Gasteiger partial charge < -0.3 is 10.6 Å². The summed E-state index contributed by atoms with van der Waals surface area (Å²) in [6.07, 6.45) is 2.94. The van der Waals surface area contributed by atoms with Crippen LogP contribution in [0.4, 0.5) is 5.69 Å². The minimum atomic E-state index is -0.174. The van der Waals surface area contributed by atoms with Gasteiger partial charge in [0, 0.05) is 16.0 Å². The number of nitrogens with one attached hydrogen (secondary N) is 2. The van der Waals surface area contributed by atoms with E-state index in [-0.39, 0.29) is 11.9 Å². The summed E-state index contributed by atoms with van der Waals surface area (Å²) in [5.41, 5.74) is 0.861. The summed E-state index contributed by atoms with van der Waals surface area (Å²) in [6, 6.07) is 5.33. The molecule has 1 heterocycles. The molecule has 0 radical (unpaired) electrons. The molecule has 5 heteroatoms. The fourth-order valence-electron chi connectivity index (χ4n) is 1.87. The Morgan fingerprint density at radius 1 is 1.41 bits per heavy atom. The molecule has 1 aliphatic rings. The molecule has 0 spiro atoms. The van der Waals surface area contributed by atoms with Crippen LogP contribution in [0.2, 0.25) is 5.02 Å². The summed E-state index contributed by atoms with van der Waals surface area (Å²) in [5.74, 6) is 0.0642. The van der Waals surface area contributed by atoms with Crippen LogP contribution >= 0.6 is 27.5 Å². The van der Waals surface area contributed by atoms with Gasteiger partial charge in [-0.15, -0.1) is 0 Å². The third kappa shape index (κ3) is 3.36. The Bertz CT molecular complexity index is 425. The predicted molar refractivity (Wildman–Crippen MR) is 73.4 cm³/mol. The zero-order valence-corrected chi connectivity index (χ0v) is 11.6. The van der Waals surface area contributed by atoms with Gasteiger partial charge in [-0.25, -0.2) is 0 Å². The van der Waals surface area contributed by atoms with E-state index in [1.165, 1.54) is 0 Å². The third-order valence-corrected chi connectivity index (χ3v) is 3.72. The first-order valence-corrected chi connectivity index (χ1v) is 6.83. The highest BCUT2D eigenvalue weighted by molar-refractivity contribution is 9.10. The molecule has 92 valence electrons. The van der Waals surface area contributed by atoms with E-state index in [9.17, 15) is 4.79 Å². The van der Waals surface area contributed by atoms with Gasteiger partial charge in [0.2, 0.25) is 5.91 Å². The van der Waals surface area contributed by atoms with Crippen molar-refractivity contribution in [1.82, 2.24) is 5.32 Å². The summed E-state index contributed by atoms with van der Waals surface area (Å²) in [5, 5.41) is 6.79. The Kier molecular flexibility index (Phi) is 4.29. The summed E-state index contributed by atoms with van der Waals surface area (Å²) >= 11 is 9.39. The van der Waals surface area contributed by atoms with Crippen molar-refractivity contribution in [1.29, 1.82) is 0 Å². The molecule has 0 aliphatic carbocycles. The average molecular weight is 318 g/mol. The van der Waals surface area contributed by atoms with Gasteiger partial charge >= 0.3 is 0 Å². The number of rotatable bonds is 2. The number of benzene rings is 1.